The van der Waals surface area contributed by atoms with Crippen molar-refractivity contribution in [3.63, 3.8) is 0 Å². The molecule has 0 N–H and O–H groups in total. The molecule has 3 heteroatoms. The van der Waals surface area contributed by atoms with Gasteiger partial charge in [-0.3, -0.25) is 0 Å². The summed E-state index contributed by atoms with van der Waals surface area (Å²) in [7, 11) is 0. The van der Waals surface area contributed by atoms with E-state index in [-0.39, 0.29) is 5.41 Å². The van der Waals surface area contributed by atoms with E-state index in [2.05, 4.69) is 22.0 Å². The summed E-state index contributed by atoms with van der Waals surface area (Å²) in [5.74, 6) is 0. The van der Waals surface area contributed by atoms with E-state index in [1.54, 1.807) is 11.3 Å². The van der Waals surface area contributed by atoms with Gasteiger partial charge in [-0.25, -0.2) is 0 Å². The molecule has 1 aromatic heterocycles. The molecule has 56 valence electrons. The van der Waals surface area contributed by atoms with E-state index in [1.807, 2.05) is 12.1 Å². The maximum Gasteiger partial charge on any atom is 0.0916 e. The number of halogens is 1. The van der Waals surface area contributed by atoms with Crippen molar-refractivity contribution in [1.29, 1.82) is 5.26 Å². The lowest BCUT2D eigenvalue weighted by Crippen LogP contribution is -1.97. The van der Waals surface area contributed by atoms with Crippen LogP contribution in [0.3, 0.4) is 0 Å². The SMILES string of the molecule is N#CC1(c2ccc(Br)s2)CC1. The molecule has 0 bridgehead atoms. The highest BCUT2D eigenvalue weighted by atomic mass is 79.9. The van der Waals surface area contributed by atoms with Crippen LogP contribution < -0.4 is 0 Å². The number of rotatable bonds is 1. The van der Waals surface area contributed by atoms with E-state index in [9.17, 15) is 0 Å². The van der Waals surface area contributed by atoms with Gasteiger partial charge >= 0.3 is 0 Å². The van der Waals surface area contributed by atoms with E-state index in [4.69, 9.17) is 5.26 Å². The molecular weight excluding hydrogens is 222 g/mol. The van der Waals surface area contributed by atoms with Crippen molar-refractivity contribution in [3.8, 4) is 6.07 Å². The van der Waals surface area contributed by atoms with Gasteiger partial charge in [0.2, 0.25) is 0 Å². The summed E-state index contributed by atoms with van der Waals surface area (Å²) in [6.07, 6.45) is 2.08. The number of thiophene rings is 1. The number of hydrogen-bond acceptors (Lipinski definition) is 2. The molecule has 1 saturated carbocycles. The maximum absolute atomic E-state index is 8.86. The fourth-order valence-electron chi connectivity index (χ4n) is 1.11. The Hall–Kier alpha value is -0.330. The first-order valence-corrected chi connectivity index (χ1v) is 5.05. The zero-order chi connectivity index (χ0) is 7.90. The van der Waals surface area contributed by atoms with Crippen LogP contribution in [0.2, 0.25) is 0 Å². The van der Waals surface area contributed by atoms with E-state index in [0.717, 1.165) is 16.6 Å². The Morgan fingerprint density at radius 3 is 2.64 bits per heavy atom. The smallest absolute Gasteiger partial charge is 0.0916 e. The number of nitriles is 1. The van der Waals surface area contributed by atoms with Crippen molar-refractivity contribution in [2.75, 3.05) is 0 Å². The molecule has 11 heavy (non-hydrogen) atoms. The average Bonchev–Trinajstić information content (AvgIpc) is 2.70. The van der Waals surface area contributed by atoms with Gasteiger partial charge < -0.3 is 0 Å². The summed E-state index contributed by atoms with van der Waals surface area (Å²) in [6, 6.07) is 6.43. The lowest BCUT2D eigenvalue weighted by atomic mass is 10.1. The molecule has 0 aromatic carbocycles. The minimum atomic E-state index is -0.101. The Balaban J connectivity index is 2.38. The maximum atomic E-state index is 8.86. The second-order valence-electron chi connectivity index (χ2n) is 2.80. The third kappa shape index (κ3) is 1.11. The first kappa shape index (κ1) is 7.33. The van der Waals surface area contributed by atoms with Crippen molar-refractivity contribution >= 4 is 27.3 Å². The summed E-state index contributed by atoms with van der Waals surface area (Å²) in [6.45, 7) is 0. The first-order chi connectivity index (χ1) is 5.27. The minimum Gasteiger partial charge on any atom is -0.197 e. The molecule has 2 rings (SSSR count). The zero-order valence-corrected chi connectivity index (χ0v) is 8.20. The Bertz CT molecular complexity index is 319. The molecule has 0 radical (unpaired) electrons. The Morgan fingerprint density at radius 1 is 1.55 bits per heavy atom. The molecule has 1 nitrogen and oxygen atoms in total. The average molecular weight is 228 g/mol. The molecule has 0 atom stereocenters. The van der Waals surface area contributed by atoms with Gasteiger partial charge in [0.05, 0.1) is 15.3 Å². The van der Waals surface area contributed by atoms with E-state index >= 15 is 0 Å². The summed E-state index contributed by atoms with van der Waals surface area (Å²) in [5, 5.41) is 8.86. The molecule has 0 amide bonds. The van der Waals surface area contributed by atoms with Crippen LogP contribution in [0, 0.1) is 11.3 Å². The van der Waals surface area contributed by atoms with Gasteiger partial charge in [-0.1, -0.05) is 0 Å². The normalized spacial score (nSPS) is 19.3. The Morgan fingerprint density at radius 2 is 2.27 bits per heavy atom. The van der Waals surface area contributed by atoms with Gasteiger partial charge in [0, 0.05) is 4.88 Å². The van der Waals surface area contributed by atoms with Gasteiger partial charge in [0.1, 0.15) is 0 Å². The highest BCUT2D eigenvalue weighted by Gasteiger charge is 2.45. The summed E-state index contributed by atoms with van der Waals surface area (Å²) >= 11 is 5.07. The predicted molar refractivity (Wildman–Crippen MR) is 48.5 cm³/mol. The molecular formula is C8H6BrNS. The van der Waals surface area contributed by atoms with Crippen molar-refractivity contribution in [2.24, 2.45) is 0 Å². The lowest BCUT2D eigenvalue weighted by Gasteiger charge is -1.97. The van der Waals surface area contributed by atoms with Crippen LogP contribution in [0.25, 0.3) is 0 Å². The topological polar surface area (TPSA) is 23.8 Å². The van der Waals surface area contributed by atoms with Crippen LogP contribution in [-0.2, 0) is 5.41 Å². The standard InChI is InChI=1S/C8H6BrNS/c9-7-2-1-6(11-7)8(5-10)3-4-8/h1-2H,3-4H2. The monoisotopic (exact) mass is 227 g/mol. The number of hydrogen-bond donors (Lipinski definition) is 0. The summed E-state index contributed by atoms with van der Waals surface area (Å²) in [5.41, 5.74) is -0.101. The lowest BCUT2D eigenvalue weighted by molar-refractivity contribution is 0.937. The molecule has 1 aliphatic rings. The molecule has 1 aliphatic carbocycles. The van der Waals surface area contributed by atoms with Gasteiger partial charge in [-0.05, 0) is 40.9 Å². The number of nitrogens with zero attached hydrogens (tertiary/aromatic N) is 1. The Labute approximate surface area is 77.8 Å². The van der Waals surface area contributed by atoms with Crippen molar-refractivity contribution in [2.45, 2.75) is 18.3 Å². The Kier molecular flexibility index (Phi) is 1.55. The first-order valence-electron chi connectivity index (χ1n) is 3.44. The van der Waals surface area contributed by atoms with Crippen LogP contribution in [0.1, 0.15) is 17.7 Å². The predicted octanol–water partition coefficient (Wildman–Crippen LogP) is 3.07. The fraction of sp³-hybridized carbons (Fsp3) is 0.375. The molecule has 0 saturated heterocycles. The molecule has 1 aromatic rings. The van der Waals surface area contributed by atoms with Crippen LogP contribution >= 0.6 is 27.3 Å². The van der Waals surface area contributed by atoms with Crippen LogP contribution in [0.5, 0.6) is 0 Å². The summed E-state index contributed by atoms with van der Waals surface area (Å²) < 4.78 is 1.12. The molecule has 1 heterocycles. The van der Waals surface area contributed by atoms with Crippen LogP contribution in [0.15, 0.2) is 15.9 Å². The highest BCUT2D eigenvalue weighted by molar-refractivity contribution is 9.11. The van der Waals surface area contributed by atoms with E-state index in [1.165, 1.54) is 4.88 Å². The molecule has 1 fully saturated rings. The van der Waals surface area contributed by atoms with Gasteiger partial charge in [0.15, 0.2) is 0 Å². The molecule has 0 aliphatic heterocycles. The fourth-order valence-corrected chi connectivity index (χ4v) is 2.69. The quantitative estimate of drug-likeness (QED) is 0.724. The second-order valence-corrected chi connectivity index (χ2v) is 5.26. The second kappa shape index (κ2) is 2.33. The van der Waals surface area contributed by atoms with Gasteiger partial charge in [0.25, 0.3) is 0 Å². The molecule has 0 unspecified atom stereocenters. The van der Waals surface area contributed by atoms with Crippen LogP contribution in [0.4, 0.5) is 0 Å². The van der Waals surface area contributed by atoms with E-state index < -0.39 is 0 Å². The zero-order valence-electron chi connectivity index (χ0n) is 5.80. The van der Waals surface area contributed by atoms with E-state index in [0.29, 0.717) is 0 Å². The largest absolute Gasteiger partial charge is 0.197 e. The van der Waals surface area contributed by atoms with Crippen molar-refractivity contribution in [3.05, 3.63) is 20.8 Å². The van der Waals surface area contributed by atoms with Crippen molar-refractivity contribution in [1.82, 2.24) is 0 Å². The highest BCUT2D eigenvalue weighted by Crippen LogP contribution is 2.50. The van der Waals surface area contributed by atoms with Gasteiger partial charge in [-0.15, -0.1) is 11.3 Å². The van der Waals surface area contributed by atoms with Crippen molar-refractivity contribution < 1.29 is 0 Å². The third-order valence-corrected chi connectivity index (χ3v) is 3.84. The van der Waals surface area contributed by atoms with Crippen LogP contribution in [-0.4, -0.2) is 0 Å². The third-order valence-electron chi connectivity index (χ3n) is 2.01. The minimum absolute atomic E-state index is 0.101. The summed E-state index contributed by atoms with van der Waals surface area (Å²) in [4.78, 5) is 1.21. The molecule has 0 spiro atoms. The van der Waals surface area contributed by atoms with Gasteiger partial charge in [-0.2, -0.15) is 5.26 Å².